The van der Waals surface area contributed by atoms with Crippen LogP contribution in [0.15, 0.2) is 35.4 Å². The fraction of sp³-hybridized carbons (Fsp3) is 0.250. The van der Waals surface area contributed by atoms with Gasteiger partial charge in [-0.05, 0) is 39.0 Å². The summed E-state index contributed by atoms with van der Waals surface area (Å²) in [6, 6.07) is 7.81. The van der Waals surface area contributed by atoms with Gasteiger partial charge in [-0.25, -0.2) is 9.82 Å². The summed E-state index contributed by atoms with van der Waals surface area (Å²) in [5, 5.41) is 3.90. The molecule has 1 aromatic heterocycles. The van der Waals surface area contributed by atoms with E-state index in [0.717, 1.165) is 23.5 Å². The molecule has 0 bridgehead atoms. The molecule has 0 unspecified atom stereocenters. The van der Waals surface area contributed by atoms with Crippen LogP contribution in [0.2, 0.25) is 0 Å². The molecule has 1 N–H and O–H groups in total. The third kappa shape index (κ3) is 3.18. The fourth-order valence-electron chi connectivity index (χ4n) is 2.31. The maximum Gasteiger partial charge on any atom is 0.274 e. The second-order valence-electron chi connectivity index (χ2n) is 4.75. The summed E-state index contributed by atoms with van der Waals surface area (Å²) in [5.41, 5.74) is 5.48. The third-order valence-electron chi connectivity index (χ3n) is 3.42. The zero-order valence-electron chi connectivity index (χ0n) is 12.4. The van der Waals surface area contributed by atoms with Crippen molar-refractivity contribution in [3.05, 3.63) is 58.7 Å². The van der Waals surface area contributed by atoms with Crippen LogP contribution in [0.5, 0.6) is 0 Å². The van der Waals surface area contributed by atoms with Gasteiger partial charge in [0.25, 0.3) is 5.91 Å². The Morgan fingerprint density at radius 1 is 1.38 bits per heavy atom. The van der Waals surface area contributed by atoms with E-state index in [-0.39, 0.29) is 5.56 Å². The highest BCUT2D eigenvalue weighted by Gasteiger charge is 2.10. The van der Waals surface area contributed by atoms with Crippen molar-refractivity contribution in [1.82, 2.24) is 9.99 Å². The molecule has 4 nitrogen and oxygen atoms in total. The van der Waals surface area contributed by atoms with Gasteiger partial charge in [0.15, 0.2) is 0 Å². The molecule has 2 aromatic rings. The minimum atomic E-state index is -0.561. The number of hydrogen-bond donors (Lipinski definition) is 1. The van der Waals surface area contributed by atoms with Gasteiger partial charge < -0.3 is 4.57 Å². The van der Waals surface area contributed by atoms with Crippen LogP contribution in [0.3, 0.4) is 0 Å². The molecule has 1 heterocycles. The van der Waals surface area contributed by atoms with E-state index < -0.39 is 11.7 Å². The van der Waals surface area contributed by atoms with Gasteiger partial charge in [-0.3, -0.25) is 4.79 Å². The molecule has 0 aliphatic rings. The van der Waals surface area contributed by atoms with Crippen LogP contribution in [0.4, 0.5) is 4.39 Å². The number of carbonyl (C=O) groups is 1. The molecule has 1 amide bonds. The number of halogens is 1. The van der Waals surface area contributed by atoms with E-state index in [1.807, 2.05) is 19.9 Å². The zero-order valence-corrected chi connectivity index (χ0v) is 12.4. The van der Waals surface area contributed by atoms with E-state index in [4.69, 9.17) is 0 Å². The Balaban J connectivity index is 2.10. The van der Waals surface area contributed by atoms with E-state index in [1.54, 1.807) is 12.3 Å². The Hall–Kier alpha value is -2.43. The summed E-state index contributed by atoms with van der Waals surface area (Å²) < 4.78 is 15.6. The van der Waals surface area contributed by atoms with Crippen LogP contribution in [-0.4, -0.2) is 16.7 Å². The van der Waals surface area contributed by atoms with Crippen molar-refractivity contribution in [1.29, 1.82) is 0 Å². The Morgan fingerprint density at radius 3 is 2.71 bits per heavy atom. The molecule has 0 radical (unpaired) electrons. The Kier molecular flexibility index (Phi) is 4.52. The highest BCUT2D eigenvalue weighted by Crippen LogP contribution is 2.12. The van der Waals surface area contributed by atoms with Crippen molar-refractivity contribution >= 4 is 12.1 Å². The average Bonchev–Trinajstić information content (AvgIpc) is 2.73. The number of nitrogens with zero attached hydrogens (tertiary/aromatic N) is 2. The van der Waals surface area contributed by atoms with E-state index in [1.165, 1.54) is 18.2 Å². The zero-order chi connectivity index (χ0) is 15.4. The molecule has 0 fully saturated rings. The van der Waals surface area contributed by atoms with Gasteiger partial charge in [0.2, 0.25) is 0 Å². The van der Waals surface area contributed by atoms with Crippen molar-refractivity contribution in [2.24, 2.45) is 5.10 Å². The number of aromatic nitrogens is 1. The van der Waals surface area contributed by atoms with E-state index in [0.29, 0.717) is 0 Å². The van der Waals surface area contributed by atoms with Crippen molar-refractivity contribution in [2.45, 2.75) is 27.3 Å². The molecular weight excluding hydrogens is 269 g/mol. The van der Waals surface area contributed by atoms with Crippen LogP contribution < -0.4 is 5.43 Å². The quantitative estimate of drug-likeness (QED) is 0.682. The van der Waals surface area contributed by atoms with Gasteiger partial charge >= 0.3 is 0 Å². The molecule has 1 aromatic carbocycles. The van der Waals surface area contributed by atoms with Crippen LogP contribution in [0.1, 0.15) is 34.2 Å². The van der Waals surface area contributed by atoms with Gasteiger partial charge in [0.1, 0.15) is 5.82 Å². The lowest BCUT2D eigenvalue weighted by Crippen LogP contribution is -2.18. The van der Waals surface area contributed by atoms with Crippen molar-refractivity contribution < 1.29 is 9.18 Å². The average molecular weight is 287 g/mol. The molecule has 0 aliphatic carbocycles. The van der Waals surface area contributed by atoms with Gasteiger partial charge in [-0.2, -0.15) is 5.10 Å². The number of hydrogen-bond acceptors (Lipinski definition) is 2. The number of amides is 1. The fourth-order valence-corrected chi connectivity index (χ4v) is 2.31. The summed E-state index contributed by atoms with van der Waals surface area (Å²) in [7, 11) is 0. The second kappa shape index (κ2) is 6.35. The molecule has 0 spiro atoms. The molecule has 2 rings (SSSR count). The second-order valence-corrected chi connectivity index (χ2v) is 4.75. The standard InChI is InChI=1S/C16H18FN3O/c1-4-20-11(2)9-13(12(20)3)10-18-19-16(21)14-7-5-6-8-15(14)17/h5-10H,4H2,1-3H3,(H,19,21)/b18-10-. The van der Waals surface area contributed by atoms with Crippen LogP contribution >= 0.6 is 0 Å². The summed E-state index contributed by atoms with van der Waals surface area (Å²) >= 11 is 0. The van der Waals surface area contributed by atoms with Gasteiger partial charge in [-0.15, -0.1) is 0 Å². The first-order valence-electron chi connectivity index (χ1n) is 6.79. The summed E-state index contributed by atoms with van der Waals surface area (Å²) in [6.45, 7) is 6.97. The number of nitrogens with one attached hydrogen (secondary N) is 1. The smallest absolute Gasteiger partial charge is 0.274 e. The van der Waals surface area contributed by atoms with Gasteiger partial charge in [0.05, 0.1) is 11.8 Å². The number of aryl methyl sites for hydroxylation is 1. The molecule has 5 heteroatoms. The molecule has 0 saturated carbocycles. The van der Waals surface area contributed by atoms with Gasteiger partial charge in [-0.1, -0.05) is 12.1 Å². The molecule has 0 atom stereocenters. The maximum absolute atomic E-state index is 13.4. The van der Waals surface area contributed by atoms with Crippen LogP contribution in [0.25, 0.3) is 0 Å². The van der Waals surface area contributed by atoms with E-state index >= 15 is 0 Å². The number of hydrazone groups is 1. The number of carbonyl (C=O) groups excluding carboxylic acids is 1. The summed E-state index contributed by atoms with van der Waals surface area (Å²) in [5.74, 6) is -1.12. The van der Waals surface area contributed by atoms with Crippen molar-refractivity contribution in [2.75, 3.05) is 0 Å². The summed E-state index contributed by atoms with van der Waals surface area (Å²) in [6.07, 6.45) is 1.58. The normalized spacial score (nSPS) is 11.0. The minimum absolute atomic E-state index is 0.0197. The maximum atomic E-state index is 13.4. The topological polar surface area (TPSA) is 46.4 Å². The lowest BCUT2D eigenvalue weighted by Gasteiger charge is -2.04. The SMILES string of the molecule is CCn1c(C)cc(/C=N\NC(=O)c2ccccc2F)c1C. The Labute approximate surface area is 123 Å². The predicted molar refractivity (Wildman–Crippen MR) is 81.0 cm³/mol. The first-order valence-corrected chi connectivity index (χ1v) is 6.79. The molecular formula is C16H18FN3O. The van der Waals surface area contributed by atoms with Crippen LogP contribution in [0, 0.1) is 19.7 Å². The number of rotatable bonds is 4. The van der Waals surface area contributed by atoms with Crippen LogP contribution in [-0.2, 0) is 6.54 Å². The first kappa shape index (κ1) is 15.0. The number of benzene rings is 1. The largest absolute Gasteiger partial charge is 0.349 e. The molecule has 21 heavy (non-hydrogen) atoms. The van der Waals surface area contributed by atoms with Crippen molar-refractivity contribution in [3.63, 3.8) is 0 Å². The van der Waals surface area contributed by atoms with Crippen molar-refractivity contribution in [3.8, 4) is 0 Å². The lowest BCUT2D eigenvalue weighted by atomic mass is 10.2. The van der Waals surface area contributed by atoms with E-state index in [9.17, 15) is 9.18 Å². The molecule has 0 aliphatic heterocycles. The molecule has 110 valence electrons. The highest BCUT2D eigenvalue weighted by molar-refractivity contribution is 5.95. The first-order chi connectivity index (χ1) is 10.0. The predicted octanol–water partition coefficient (Wildman–Crippen LogP) is 3.03. The lowest BCUT2D eigenvalue weighted by molar-refractivity contribution is 0.0951. The summed E-state index contributed by atoms with van der Waals surface area (Å²) in [4.78, 5) is 11.8. The third-order valence-corrected chi connectivity index (χ3v) is 3.42. The monoisotopic (exact) mass is 287 g/mol. The molecule has 0 saturated heterocycles. The Morgan fingerprint density at radius 2 is 2.10 bits per heavy atom. The van der Waals surface area contributed by atoms with E-state index in [2.05, 4.69) is 22.0 Å². The Bertz CT molecular complexity index is 689. The minimum Gasteiger partial charge on any atom is -0.349 e. The highest BCUT2D eigenvalue weighted by atomic mass is 19.1. The van der Waals surface area contributed by atoms with Gasteiger partial charge in [0, 0.05) is 23.5 Å².